The number of benzene rings is 1. The van der Waals surface area contributed by atoms with Gasteiger partial charge >= 0.3 is 0 Å². The maximum Gasteiger partial charge on any atom is 0.294 e. The second-order valence-corrected chi connectivity index (χ2v) is 4.49. The lowest BCUT2D eigenvalue weighted by Crippen LogP contribution is -2.13. The van der Waals surface area contributed by atoms with Crippen LogP contribution in [-0.4, -0.2) is 16.0 Å². The van der Waals surface area contributed by atoms with E-state index in [4.69, 9.17) is 4.52 Å². The first-order valence-corrected chi connectivity index (χ1v) is 6.38. The maximum absolute atomic E-state index is 13.5. The minimum absolute atomic E-state index is 0.270. The van der Waals surface area contributed by atoms with E-state index < -0.39 is 29.0 Å². The Morgan fingerprint density at radius 3 is 2.43 bits per heavy atom. The average molecular weight is 319 g/mol. The summed E-state index contributed by atoms with van der Waals surface area (Å²) in [5.74, 6) is -4.76. The highest BCUT2D eigenvalue weighted by Gasteiger charge is 2.19. The van der Waals surface area contributed by atoms with Gasteiger partial charge in [0, 0.05) is 24.4 Å². The molecule has 1 N–H and O–H groups in total. The number of aromatic nitrogens is 2. The molecule has 1 aromatic carbocycles. The van der Waals surface area contributed by atoms with Crippen molar-refractivity contribution in [2.24, 2.45) is 0 Å². The number of rotatable bonds is 3. The molecule has 1 amide bonds. The zero-order chi connectivity index (χ0) is 16.4. The molecular weight excluding hydrogens is 311 g/mol. The van der Waals surface area contributed by atoms with Gasteiger partial charge in [-0.3, -0.25) is 9.78 Å². The Bertz CT molecular complexity index is 842. The number of hydrogen-bond acceptors (Lipinski definition) is 4. The highest BCUT2D eigenvalue weighted by Crippen LogP contribution is 2.22. The van der Waals surface area contributed by atoms with Crippen molar-refractivity contribution in [1.29, 1.82) is 0 Å². The highest BCUT2D eigenvalue weighted by atomic mass is 19.1. The lowest BCUT2D eigenvalue weighted by Gasteiger charge is -2.05. The summed E-state index contributed by atoms with van der Waals surface area (Å²) in [5.41, 5.74) is -0.0163. The van der Waals surface area contributed by atoms with Crippen molar-refractivity contribution >= 4 is 11.6 Å². The van der Waals surface area contributed by atoms with Crippen molar-refractivity contribution in [3.8, 4) is 11.4 Å². The molecule has 0 aliphatic carbocycles. The van der Waals surface area contributed by atoms with E-state index in [0.29, 0.717) is 17.8 Å². The molecule has 2 heterocycles. The van der Waals surface area contributed by atoms with Crippen LogP contribution in [0.15, 0.2) is 47.1 Å². The van der Waals surface area contributed by atoms with Gasteiger partial charge in [-0.05, 0) is 12.1 Å². The first-order valence-electron chi connectivity index (χ1n) is 6.38. The van der Waals surface area contributed by atoms with E-state index in [2.05, 4.69) is 10.1 Å². The number of carbonyl (C=O) groups is 1. The molecule has 0 saturated carbocycles. The zero-order valence-electron chi connectivity index (χ0n) is 11.4. The Kier molecular flexibility index (Phi) is 3.80. The predicted octanol–water partition coefficient (Wildman–Crippen LogP) is 3.41. The number of pyridine rings is 1. The fraction of sp³-hybridized carbons (Fsp3) is 0. The number of nitrogens with one attached hydrogen (secondary N) is 1. The molecule has 116 valence electrons. The van der Waals surface area contributed by atoms with E-state index >= 15 is 0 Å². The second-order valence-electron chi connectivity index (χ2n) is 4.49. The Morgan fingerprint density at radius 2 is 1.78 bits per heavy atom. The third kappa shape index (κ3) is 3.05. The Labute approximate surface area is 127 Å². The third-order valence-corrected chi connectivity index (χ3v) is 2.91. The van der Waals surface area contributed by atoms with Gasteiger partial charge in [-0.15, -0.1) is 0 Å². The highest BCUT2D eigenvalue weighted by molar-refractivity contribution is 6.02. The molecule has 3 aromatic rings. The number of anilines is 1. The summed E-state index contributed by atoms with van der Waals surface area (Å²) in [6.45, 7) is 0. The van der Waals surface area contributed by atoms with Crippen LogP contribution in [0.1, 0.15) is 10.6 Å². The average Bonchev–Trinajstić information content (AvgIpc) is 3.01. The molecule has 8 heteroatoms. The molecule has 23 heavy (non-hydrogen) atoms. The van der Waals surface area contributed by atoms with E-state index in [1.54, 1.807) is 18.2 Å². The van der Waals surface area contributed by atoms with Crippen LogP contribution in [0.5, 0.6) is 0 Å². The largest absolute Gasteiger partial charge is 0.350 e. The smallest absolute Gasteiger partial charge is 0.294 e. The van der Waals surface area contributed by atoms with Gasteiger partial charge in [-0.2, -0.15) is 0 Å². The van der Waals surface area contributed by atoms with Crippen LogP contribution in [0.3, 0.4) is 0 Å². The third-order valence-electron chi connectivity index (χ3n) is 2.91. The number of hydrogen-bond donors (Lipinski definition) is 1. The summed E-state index contributed by atoms with van der Waals surface area (Å²) in [4.78, 5) is 16.0. The Morgan fingerprint density at radius 1 is 1.04 bits per heavy atom. The van der Waals surface area contributed by atoms with Gasteiger partial charge in [0.15, 0.2) is 11.6 Å². The summed E-state index contributed by atoms with van der Waals surface area (Å²) in [6.07, 6.45) is 1.53. The molecule has 0 aliphatic rings. The van der Waals surface area contributed by atoms with Crippen LogP contribution in [0.2, 0.25) is 0 Å². The van der Waals surface area contributed by atoms with Crippen LogP contribution in [0.4, 0.5) is 18.9 Å². The summed E-state index contributed by atoms with van der Waals surface area (Å²) in [6, 6.07) is 7.27. The van der Waals surface area contributed by atoms with Crippen molar-refractivity contribution in [2.75, 3.05) is 5.32 Å². The minimum atomic E-state index is -1.24. The summed E-state index contributed by atoms with van der Waals surface area (Å²) in [7, 11) is 0. The van der Waals surface area contributed by atoms with Gasteiger partial charge in [-0.1, -0.05) is 11.2 Å². The van der Waals surface area contributed by atoms with Crippen LogP contribution in [-0.2, 0) is 0 Å². The summed E-state index contributed by atoms with van der Waals surface area (Å²) >= 11 is 0. The van der Waals surface area contributed by atoms with Crippen LogP contribution < -0.4 is 5.32 Å². The number of carbonyl (C=O) groups excluding carboxylic acids is 1. The minimum Gasteiger partial charge on any atom is -0.350 e. The fourth-order valence-electron chi connectivity index (χ4n) is 1.85. The molecule has 0 radical (unpaired) electrons. The molecule has 0 spiro atoms. The standard InChI is InChI=1S/C15H8F3N3O2/c16-8-5-9(17)14(10(18)6-8)20-15(22)13-7-12(21-23-13)11-3-1-2-4-19-11/h1-7H,(H,20,22). The predicted molar refractivity (Wildman–Crippen MR) is 74.0 cm³/mol. The van der Waals surface area contributed by atoms with Crippen LogP contribution in [0.25, 0.3) is 11.4 Å². The molecule has 0 atom stereocenters. The Hall–Kier alpha value is -3.16. The van der Waals surface area contributed by atoms with E-state index in [0.717, 1.165) is 0 Å². The monoisotopic (exact) mass is 319 g/mol. The fourth-order valence-corrected chi connectivity index (χ4v) is 1.85. The van der Waals surface area contributed by atoms with Crippen LogP contribution >= 0.6 is 0 Å². The van der Waals surface area contributed by atoms with E-state index in [9.17, 15) is 18.0 Å². The van der Waals surface area contributed by atoms with E-state index in [1.165, 1.54) is 12.3 Å². The normalized spacial score (nSPS) is 10.6. The molecule has 3 rings (SSSR count). The molecule has 0 saturated heterocycles. The van der Waals surface area contributed by atoms with Crippen molar-refractivity contribution in [2.45, 2.75) is 0 Å². The molecular formula is C15H8F3N3O2. The number of halogens is 3. The second kappa shape index (κ2) is 5.91. The lowest BCUT2D eigenvalue weighted by atomic mass is 10.2. The molecule has 5 nitrogen and oxygen atoms in total. The molecule has 0 aliphatic heterocycles. The SMILES string of the molecule is O=C(Nc1c(F)cc(F)cc1F)c1cc(-c2ccccn2)no1. The van der Waals surface area contributed by atoms with Crippen molar-refractivity contribution in [3.05, 3.63) is 65.8 Å². The van der Waals surface area contributed by atoms with Gasteiger partial charge in [0.25, 0.3) is 5.91 Å². The molecule has 0 bridgehead atoms. The van der Waals surface area contributed by atoms with E-state index in [1.807, 2.05) is 5.32 Å². The molecule has 0 fully saturated rings. The van der Waals surface area contributed by atoms with Crippen molar-refractivity contribution in [3.63, 3.8) is 0 Å². The Balaban J connectivity index is 1.84. The first kappa shape index (κ1) is 14.8. The van der Waals surface area contributed by atoms with Gasteiger partial charge < -0.3 is 9.84 Å². The van der Waals surface area contributed by atoms with Gasteiger partial charge in [-0.25, -0.2) is 13.2 Å². The molecule has 2 aromatic heterocycles. The lowest BCUT2D eigenvalue weighted by molar-refractivity contribution is 0.0987. The van der Waals surface area contributed by atoms with Gasteiger partial charge in [0.05, 0.1) is 5.69 Å². The van der Waals surface area contributed by atoms with Gasteiger partial charge in [0.2, 0.25) is 5.76 Å². The van der Waals surface area contributed by atoms with E-state index in [-0.39, 0.29) is 11.5 Å². The van der Waals surface area contributed by atoms with Crippen molar-refractivity contribution in [1.82, 2.24) is 10.1 Å². The van der Waals surface area contributed by atoms with Crippen molar-refractivity contribution < 1.29 is 22.5 Å². The quantitative estimate of drug-likeness (QED) is 0.803. The first-order chi connectivity index (χ1) is 11.0. The summed E-state index contributed by atoms with van der Waals surface area (Å²) in [5, 5.41) is 5.64. The number of nitrogens with zero attached hydrogens (tertiary/aromatic N) is 2. The van der Waals surface area contributed by atoms with Gasteiger partial charge in [0.1, 0.15) is 17.2 Å². The summed E-state index contributed by atoms with van der Waals surface area (Å²) < 4.78 is 44.7. The van der Waals surface area contributed by atoms with Crippen LogP contribution in [0, 0.1) is 17.5 Å². The topological polar surface area (TPSA) is 68.0 Å². The number of amides is 1. The zero-order valence-corrected chi connectivity index (χ0v) is 11.4. The molecule has 0 unspecified atom stereocenters. The maximum atomic E-state index is 13.5.